The fourth-order valence-corrected chi connectivity index (χ4v) is 0.202. The third kappa shape index (κ3) is 5.96. The average molecular weight is 98.1 g/mol. The topological polar surface area (TPSA) is 9.23 Å². The molecule has 1 heteroatoms. The van der Waals surface area contributed by atoms with Crippen molar-refractivity contribution in [1.82, 2.24) is 0 Å². The van der Waals surface area contributed by atoms with E-state index in [1.54, 1.807) is 13.2 Å². The van der Waals surface area contributed by atoms with Crippen LogP contribution >= 0.6 is 0 Å². The van der Waals surface area contributed by atoms with Crippen LogP contribution in [0, 0.1) is 26.1 Å². The first-order valence-corrected chi connectivity index (χ1v) is 2.29. The van der Waals surface area contributed by atoms with E-state index in [2.05, 4.69) is 0 Å². The molecule has 0 aliphatic rings. The molecule has 0 bridgehead atoms. The second-order valence-corrected chi connectivity index (χ2v) is 1.07. The molecule has 0 saturated heterocycles. The average Bonchev–Trinajstić information content (AvgIpc) is 1.69. The van der Waals surface area contributed by atoms with E-state index in [0.29, 0.717) is 0 Å². The van der Waals surface area contributed by atoms with Gasteiger partial charge in [0.1, 0.15) is 0 Å². The fraction of sp³-hybridized carbons (Fsp3) is 0.333. The van der Waals surface area contributed by atoms with E-state index in [1.807, 2.05) is 26.7 Å². The van der Waals surface area contributed by atoms with Crippen molar-refractivity contribution in [3.8, 4) is 0 Å². The maximum absolute atomic E-state index is 4.77. The summed E-state index contributed by atoms with van der Waals surface area (Å²) >= 11 is 0. The third-order valence-electron chi connectivity index (χ3n) is 0.429. The van der Waals surface area contributed by atoms with E-state index < -0.39 is 0 Å². The second-order valence-electron chi connectivity index (χ2n) is 1.07. The first-order valence-electron chi connectivity index (χ1n) is 2.29. The highest BCUT2D eigenvalue weighted by Gasteiger charge is 1.80. The predicted molar refractivity (Wildman–Crippen MR) is 29.6 cm³/mol. The van der Waals surface area contributed by atoms with Gasteiger partial charge >= 0.3 is 0 Å². The third-order valence-corrected chi connectivity index (χ3v) is 0.429. The van der Waals surface area contributed by atoms with E-state index in [0.717, 1.165) is 0 Å². The van der Waals surface area contributed by atoms with Gasteiger partial charge in [0.25, 0.3) is 0 Å². The lowest BCUT2D eigenvalue weighted by atomic mass is 10.5. The standard InChI is InChI=1S/C6H10O/c1-3-5-7-6-4-2/h3-6H,1-2H3. The Morgan fingerprint density at radius 3 is 1.71 bits per heavy atom. The van der Waals surface area contributed by atoms with Gasteiger partial charge in [-0.1, -0.05) is 13.8 Å². The molecule has 0 amide bonds. The van der Waals surface area contributed by atoms with E-state index >= 15 is 0 Å². The Balaban J connectivity index is 2.45. The fourth-order valence-electron chi connectivity index (χ4n) is 0.202. The van der Waals surface area contributed by atoms with Crippen LogP contribution in [0.25, 0.3) is 0 Å². The van der Waals surface area contributed by atoms with Gasteiger partial charge in [0.2, 0.25) is 0 Å². The Kier molecular flexibility index (Phi) is 5.93. The first-order chi connectivity index (χ1) is 3.41. The molecule has 40 valence electrons. The van der Waals surface area contributed by atoms with Crippen molar-refractivity contribution in [3.05, 3.63) is 26.1 Å². The summed E-state index contributed by atoms with van der Waals surface area (Å²) < 4.78 is 4.77. The highest BCUT2D eigenvalue weighted by molar-refractivity contribution is 4.74. The molecule has 0 spiro atoms. The van der Waals surface area contributed by atoms with E-state index in [1.165, 1.54) is 0 Å². The van der Waals surface area contributed by atoms with Gasteiger partial charge in [0, 0.05) is 0 Å². The van der Waals surface area contributed by atoms with E-state index in [9.17, 15) is 0 Å². The summed E-state index contributed by atoms with van der Waals surface area (Å²) in [5.41, 5.74) is 0. The lowest BCUT2D eigenvalue weighted by Crippen LogP contribution is -1.80. The highest BCUT2D eigenvalue weighted by atomic mass is 16.5. The molecule has 0 aromatic heterocycles. The van der Waals surface area contributed by atoms with Gasteiger partial charge in [-0.05, 0) is 12.8 Å². The molecular formula is C6H10O. The molecule has 1 nitrogen and oxygen atoms in total. The lowest BCUT2D eigenvalue weighted by Gasteiger charge is -1.92. The van der Waals surface area contributed by atoms with Crippen LogP contribution in [0.1, 0.15) is 13.8 Å². The van der Waals surface area contributed by atoms with Gasteiger partial charge < -0.3 is 4.74 Å². The zero-order valence-electron chi connectivity index (χ0n) is 4.72. The van der Waals surface area contributed by atoms with Crippen LogP contribution in [-0.2, 0) is 4.74 Å². The van der Waals surface area contributed by atoms with Crippen molar-refractivity contribution in [2.75, 3.05) is 0 Å². The summed E-state index contributed by atoms with van der Waals surface area (Å²) in [4.78, 5) is 0. The number of ether oxygens (including phenoxy) is 1. The van der Waals surface area contributed by atoms with Gasteiger partial charge in [0.15, 0.2) is 0 Å². The molecule has 0 aliphatic heterocycles. The number of hydrogen-bond donors (Lipinski definition) is 0. The number of hydrogen-bond acceptors (Lipinski definition) is 1. The molecule has 0 N–H and O–H groups in total. The van der Waals surface area contributed by atoms with Crippen molar-refractivity contribution in [2.24, 2.45) is 0 Å². The van der Waals surface area contributed by atoms with Crippen LogP contribution in [0.2, 0.25) is 0 Å². The molecule has 0 rings (SSSR count). The molecule has 0 unspecified atom stereocenters. The summed E-state index contributed by atoms with van der Waals surface area (Å²) in [5.74, 6) is 0. The van der Waals surface area contributed by atoms with E-state index in [-0.39, 0.29) is 0 Å². The van der Waals surface area contributed by atoms with Gasteiger partial charge in [-0.3, -0.25) is 0 Å². The maximum Gasteiger partial charge on any atom is 0.0873 e. The predicted octanol–water partition coefficient (Wildman–Crippen LogP) is 1.77. The normalized spacial score (nSPS) is 9.43. The minimum Gasteiger partial charge on any atom is -0.369 e. The molecule has 0 saturated carbocycles. The van der Waals surface area contributed by atoms with Crippen LogP contribution in [0.3, 0.4) is 0 Å². The summed E-state index contributed by atoms with van der Waals surface area (Å²) in [6.07, 6.45) is 3.67. The first kappa shape index (κ1) is 6.96. The molecule has 7 heavy (non-hydrogen) atoms. The quantitative estimate of drug-likeness (QED) is 0.487. The maximum atomic E-state index is 4.77. The highest BCUT2D eigenvalue weighted by Crippen LogP contribution is 1.90. The minimum absolute atomic E-state index is 1.62. The molecule has 0 atom stereocenters. The Hall–Kier alpha value is -0.0400. The van der Waals surface area contributed by atoms with E-state index in [4.69, 9.17) is 4.74 Å². The van der Waals surface area contributed by atoms with Gasteiger partial charge in [-0.15, -0.1) is 0 Å². The van der Waals surface area contributed by atoms with Crippen LogP contribution in [0.15, 0.2) is 0 Å². The zero-order valence-corrected chi connectivity index (χ0v) is 4.72. The number of rotatable bonds is 4. The van der Waals surface area contributed by atoms with Gasteiger partial charge in [-0.2, -0.15) is 0 Å². The largest absolute Gasteiger partial charge is 0.369 e. The van der Waals surface area contributed by atoms with Gasteiger partial charge in [-0.25, -0.2) is 0 Å². The lowest BCUT2D eigenvalue weighted by molar-refractivity contribution is 0.299. The Bertz CT molecular complexity index is 23.4. The summed E-state index contributed by atoms with van der Waals surface area (Å²) in [5, 5.41) is 0. The Morgan fingerprint density at radius 1 is 1.00 bits per heavy atom. The van der Waals surface area contributed by atoms with Crippen molar-refractivity contribution >= 4 is 0 Å². The van der Waals surface area contributed by atoms with Crippen molar-refractivity contribution < 1.29 is 4.74 Å². The smallest absolute Gasteiger partial charge is 0.0873 e. The minimum atomic E-state index is 1.62. The molecule has 0 heterocycles. The summed E-state index contributed by atoms with van der Waals surface area (Å²) in [6, 6.07) is 0. The molecular weight excluding hydrogens is 88.1 g/mol. The van der Waals surface area contributed by atoms with Crippen molar-refractivity contribution in [1.29, 1.82) is 0 Å². The van der Waals surface area contributed by atoms with Crippen molar-refractivity contribution in [3.63, 3.8) is 0 Å². The van der Waals surface area contributed by atoms with Crippen LogP contribution in [0.4, 0.5) is 0 Å². The van der Waals surface area contributed by atoms with Gasteiger partial charge in [0.05, 0.1) is 13.2 Å². The monoisotopic (exact) mass is 98.1 g/mol. The SMILES string of the molecule is C[CH][CH]O[CH][CH]C. The summed E-state index contributed by atoms with van der Waals surface area (Å²) in [7, 11) is 0. The molecule has 0 fully saturated rings. The zero-order chi connectivity index (χ0) is 5.54. The van der Waals surface area contributed by atoms with Crippen LogP contribution in [-0.4, -0.2) is 0 Å². The second kappa shape index (κ2) is 5.96. The van der Waals surface area contributed by atoms with Crippen molar-refractivity contribution in [2.45, 2.75) is 13.8 Å². The summed E-state index contributed by atoms with van der Waals surface area (Å²) in [6.45, 7) is 7.06. The molecule has 0 aromatic carbocycles. The molecule has 0 aromatic rings. The molecule has 0 aliphatic carbocycles. The Labute approximate surface area is 45.7 Å². The molecule has 4 radical (unpaired) electrons. The van der Waals surface area contributed by atoms with Crippen LogP contribution < -0.4 is 0 Å². The van der Waals surface area contributed by atoms with Crippen LogP contribution in [0.5, 0.6) is 0 Å². The Morgan fingerprint density at radius 2 is 1.43 bits per heavy atom.